The largest absolute Gasteiger partial charge is 0.493 e. The third-order valence-corrected chi connectivity index (χ3v) is 5.24. The molecule has 0 radical (unpaired) electrons. The Balaban J connectivity index is 2.07. The van der Waals surface area contributed by atoms with Crippen LogP contribution in [0, 0.1) is 13.8 Å². The summed E-state index contributed by atoms with van der Waals surface area (Å²) in [4.78, 5) is 4.99. The van der Waals surface area contributed by atoms with Gasteiger partial charge in [0.15, 0.2) is 0 Å². The van der Waals surface area contributed by atoms with E-state index in [-0.39, 0.29) is 5.54 Å². The zero-order chi connectivity index (χ0) is 15.0. The molecule has 2 N–H and O–H groups in total. The number of piperazine rings is 1. The van der Waals surface area contributed by atoms with Crippen molar-refractivity contribution in [3.8, 4) is 5.75 Å². The van der Waals surface area contributed by atoms with Crippen LogP contribution < -0.4 is 10.5 Å². The summed E-state index contributed by atoms with van der Waals surface area (Å²) in [5.74, 6) is 1.07. The Morgan fingerprint density at radius 3 is 2.48 bits per heavy atom. The molecular weight excluding hydrogens is 262 g/mol. The van der Waals surface area contributed by atoms with Crippen LogP contribution in [0.3, 0.4) is 0 Å². The summed E-state index contributed by atoms with van der Waals surface area (Å²) in [5.41, 5.74) is 10.1. The number of nitrogens with zero attached hydrogens (tertiary/aromatic N) is 2. The highest BCUT2D eigenvalue weighted by molar-refractivity contribution is 5.51. The topological polar surface area (TPSA) is 41.7 Å². The number of ether oxygens (including phenoxy) is 1. The van der Waals surface area contributed by atoms with Crippen LogP contribution in [-0.2, 0) is 5.54 Å². The second-order valence-corrected chi connectivity index (χ2v) is 6.53. The third-order valence-electron chi connectivity index (χ3n) is 5.24. The van der Waals surface area contributed by atoms with Gasteiger partial charge in [-0.2, -0.15) is 0 Å². The highest BCUT2D eigenvalue weighted by atomic mass is 16.5. The monoisotopic (exact) mass is 289 g/mol. The Bertz CT molecular complexity index is 523. The molecule has 0 amide bonds. The summed E-state index contributed by atoms with van der Waals surface area (Å²) in [7, 11) is 2.19. The molecule has 1 aromatic carbocycles. The molecule has 1 saturated heterocycles. The van der Waals surface area contributed by atoms with E-state index in [1.807, 2.05) is 0 Å². The van der Waals surface area contributed by atoms with Crippen molar-refractivity contribution >= 4 is 0 Å². The van der Waals surface area contributed by atoms with Gasteiger partial charge in [0.25, 0.3) is 0 Å². The number of aryl methyl sites for hydroxylation is 2. The predicted molar refractivity (Wildman–Crippen MR) is 85.8 cm³/mol. The highest BCUT2D eigenvalue weighted by Gasteiger charge is 2.44. The van der Waals surface area contributed by atoms with Gasteiger partial charge in [-0.1, -0.05) is 12.1 Å². The molecular formula is C17H27N3O. The normalized spacial score (nSPS) is 27.2. The maximum Gasteiger partial charge on any atom is 0.127 e. The highest BCUT2D eigenvalue weighted by Crippen LogP contribution is 2.44. The molecule has 1 fully saturated rings. The maximum atomic E-state index is 6.33. The molecule has 4 nitrogen and oxygen atoms in total. The number of hydrogen-bond acceptors (Lipinski definition) is 4. The Morgan fingerprint density at radius 1 is 1.14 bits per heavy atom. The quantitative estimate of drug-likeness (QED) is 0.895. The van der Waals surface area contributed by atoms with Crippen LogP contribution in [0.25, 0.3) is 0 Å². The second-order valence-electron chi connectivity index (χ2n) is 6.53. The number of fused-ring (bicyclic) bond motifs is 1. The average molecular weight is 289 g/mol. The molecule has 2 heterocycles. The van der Waals surface area contributed by atoms with Crippen molar-refractivity contribution in [3.63, 3.8) is 0 Å². The number of nitrogens with two attached hydrogens (primary N) is 1. The fourth-order valence-electron chi connectivity index (χ4n) is 3.88. The van der Waals surface area contributed by atoms with Crippen molar-refractivity contribution in [1.82, 2.24) is 9.80 Å². The van der Waals surface area contributed by atoms with Crippen molar-refractivity contribution in [2.75, 3.05) is 46.4 Å². The number of likely N-dealkylation sites (N-methyl/N-ethyl adjacent to an activating group) is 1. The Morgan fingerprint density at radius 2 is 1.81 bits per heavy atom. The van der Waals surface area contributed by atoms with Gasteiger partial charge in [-0.3, -0.25) is 4.90 Å². The van der Waals surface area contributed by atoms with Gasteiger partial charge in [-0.25, -0.2) is 0 Å². The Labute approximate surface area is 127 Å². The van der Waals surface area contributed by atoms with E-state index in [0.29, 0.717) is 6.54 Å². The summed E-state index contributed by atoms with van der Waals surface area (Å²) in [6.07, 6.45) is 0.991. The Hall–Kier alpha value is -1.10. The molecule has 0 aliphatic carbocycles. The van der Waals surface area contributed by atoms with Crippen molar-refractivity contribution < 1.29 is 4.74 Å². The fraction of sp³-hybridized carbons (Fsp3) is 0.647. The van der Waals surface area contributed by atoms with E-state index in [1.165, 1.54) is 16.7 Å². The van der Waals surface area contributed by atoms with E-state index in [0.717, 1.165) is 45.0 Å². The van der Waals surface area contributed by atoms with Gasteiger partial charge in [0.2, 0.25) is 0 Å². The van der Waals surface area contributed by atoms with Gasteiger partial charge < -0.3 is 15.4 Å². The molecule has 0 bridgehead atoms. The second kappa shape index (κ2) is 5.59. The van der Waals surface area contributed by atoms with E-state index in [2.05, 4.69) is 42.8 Å². The lowest BCUT2D eigenvalue weighted by atomic mass is 9.79. The molecule has 0 spiro atoms. The minimum atomic E-state index is -0.0506. The van der Waals surface area contributed by atoms with Crippen LogP contribution >= 0.6 is 0 Å². The number of benzene rings is 1. The van der Waals surface area contributed by atoms with E-state index < -0.39 is 0 Å². The fourth-order valence-corrected chi connectivity index (χ4v) is 3.88. The molecule has 1 aromatic rings. The zero-order valence-corrected chi connectivity index (χ0v) is 13.5. The summed E-state index contributed by atoms with van der Waals surface area (Å²) in [6.45, 7) is 10.1. The Kier molecular flexibility index (Phi) is 3.95. The lowest BCUT2D eigenvalue weighted by molar-refractivity contribution is 0.0132. The van der Waals surface area contributed by atoms with Gasteiger partial charge in [-0.15, -0.1) is 0 Å². The van der Waals surface area contributed by atoms with Gasteiger partial charge >= 0.3 is 0 Å². The summed E-state index contributed by atoms with van der Waals surface area (Å²) < 4.78 is 6.01. The van der Waals surface area contributed by atoms with E-state index in [1.54, 1.807) is 0 Å². The van der Waals surface area contributed by atoms with Crippen molar-refractivity contribution in [2.45, 2.75) is 25.8 Å². The SMILES string of the molecule is Cc1ccc(C)c2c1OCCC2(CN)N1CCN(C)CC1. The van der Waals surface area contributed by atoms with Gasteiger partial charge in [-0.05, 0) is 32.0 Å². The van der Waals surface area contributed by atoms with E-state index >= 15 is 0 Å². The molecule has 4 heteroatoms. The van der Waals surface area contributed by atoms with Crippen molar-refractivity contribution in [3.05, 3.63) is 28.8 Å². The first-order chi connectivity index (χ1) is 10.1. The standard InChI is InChI=1S/C17H27N3O/c1-13-4-5-14(2)16-15(13)17(12-18,6-11-21-16)20-9-7-19(3)8-10-20/h4-5H,6-12,18H2,1-3H3. The molecule has 0 saturated carbocycles. The van der Waals surface area contributed by atoms with Gasteiger partial charge in [0.1, 0.15) is 5.75 Å². The molecule has 116 valence electrons. The van der Waals surface area contributed by atoms with Crippen LogP contribution in [0.1, 0.15) is 23.1 Å². The summed E-state index contributed by atoms with van der Waals surface area (Å²) >= 11 is 0. The summed E-state index contributed by atoms with van der Waals surface area (Å²) in [5, 5.41) is 0. The minimum absolute atomic E-state index is 0.0506. The first-order valence-electron chi connectivity index (χ1n) is 7.95. The predicted octanol–water partition coefficient (Wildman–Crippen LogP) is 1.49. The maximum absolute atomic E-state index is 6.33. The van der Waals surface area contributed by atoms with Crippen LogP contribution in [0.15, 0.2) is 12.1 Å². The first kappa shape index (κ1) is 14.8. The molecule has 0 aromatic heterocycles. The lowest BCUT2D eigenvalue weighted by Gasteiger charge is -2.50. The molecule has 2 aliphatic rings. The van der Waals surface area contributed by atoms with Crippen molar-refractivity contribution in [2.24, 2.45) is 5.73 Å². The van der Waals surface area contributed by atoms with Crippen LogP contribution in [0.2, 0.25) is 0 Å². The molecule has 21 heavy (non-hydrogen) atoms. The smallest absolute Gasteiger partial charge is 0.127 e. The molecule has 2 aliphatic heterocycles. The van der Waals surface area contributed by atoms with Gasteiger partial charge in [0.05, 0.1) is 12.1 Å². The van der Waals surface area contributed by atoms with E-state index in [9.17, 15) is 0 Å². The third kappa shape index (κ3) is 2.35. The van der Waals surface area contributed by atoms with Crippen molar-refractivity contribution in [1.29, 1.82) is 0 Å². The first-order valence-corrected chi connectivity index (χ1v) is 7.95. The lowest BCUT2D eigenvalue weighted by Crippen LogP contribution is -2.59. The molecule has 1 unspecified atom stereocenters. The number of rotatable bonds is 2. The zero-order valence-electron chi connectivity index (χ0n) is 13.5. The molecule has 1 atom stereocenters. The van der Waals surface area contributed by atoms with E-state index in [4.69, 9.17) is 10.5 Å². The number of hydrogen-bond donors (Lipinski definition) is 1. The van der Waals surface area contributed by atoms with Crippen LogP contribution in [-0.4, -0.2) is 56.2 Å². The minimum Gasteiger partial charge on any atom is -0.493 e. The molecule has 3 rings (SSSR count). The average Bonchev–Trinajstić information content (AvgIpc) is 2.51. The van der Waals surface area contributed by atoms with Crippen LogP contribution in [0.5, 0.6) is 5.75 Å². The van der Waals surface area contributed by atoms with Gasteiger partial charge in [0, 0.05) is 44.7 Å². The summed E-state index contributed by atoms with van der Waals surface area (Å²) in [6, 6.07) is 4.37. The van der Waals surface area contributed by atoms with Crippen LogP contribution in [0.4, 0.5) is 0 Å².